The Balaban J connectivity index is 2.93. The van der Waals surface area contributed by atoms with Crippen molar-refractivity contribution in [1.82, 2.24) is 10.3 Å². The lowest BCUT2D eigenvalue weighted by atomic mass is 10.2. The average Bonchev–Trinajstić information content (AvgIpc) is 2.85. The Morgan fingerprint density at radius 2 is 1.83 bits per heavy atom. The first kappa shape index (κ1) is 20.7. The number of ether oxygens (including phenoxy) is 1. The van der Waals surface area contributed by atoms with Crippen LogP contribution < -0.4 is 5.32 Å². The van der Waals surface area contributed by atoms with Crippen molar-refractivity contribution < 1.29 is 18.4 Å². The molecule has 0 saturated carbocycles. The van der Waals surface area contributed by atoms with Crippen LogP contribution in [-0.4, -0.2) is 31.0 Å². The number of carbonyl (C=O) groups excluding carboxylic acids is 1. The van der Waals surface area contributed by atoms with E-state index >= 15 is 0 Å². The van der Waals surface area contributed by atoms with Gasteiger partial charge >= 0.3 is 6.09 Å². The smallest absolute Gasteiger partial charge is 0.407 e. The monoisotopic (exact) mass is 356 g/mol. The molecule has 0 aliphatic heterocycles. The van der Waals surface area contributed by atoms with Crippen LogP contribution in [0.2, 0.25) is 18.1 Å². The third-order valence-corrected chi connectivity index (χ3v) is 8.58. The van der Waals surface area contributed by atoms with Crippen LogP contribution >= 0.6 is 0 Å². The van der Waals surface area contributed by atoms with Crippen molar-refractivity contribution in [3.05, 3.63) is 18.4 Å². The Labute approximate surface area is 146 Å². The molecule has 1 heterocycles. The molecule has 0 aliphatic carbocycles. The van der Waals surface area contributed by atoms with Gasteiger partial charge in [-0.25, -0.2) is 9.78 Å². The highest BCUT2D eigenvalue weighted by Gasteiger charge is 2.42. The molecule has 0 aliphatic rings. The van der Waals surface area contributed by atoms with E-state index in [2.05, 4.69) is 44.2 Å². The van der Waals surface area contributed by atoms with E-state index in [1.54, 1.807) is 6.20 Å². The molecule has 7 heteroatoms. The van der Waals surface area contributed by atoms with Gasteiger partial charge in [-0.2, -0.15) is 0 Å². The van der Waals surface area contributed by atoms with Crippen molar-refractivity contribution in [2.45, 2.75) is 84.3 Å². The van der Waals surface area contributed by atoms with Gasteiger partial charge in [-0.15, -0.1) is 0 Å². The molecule has 0 saturated heterocycles. The number of oxazole rings is 1. The number of alkyl carbamates (subject to hydrolysis) is 1. The van der Waals surface area contributed by atoms with Gasteiger partial charge in [0.2, 0.25) is 5.89 Å². The van der Waals surface area contributed by atoms with Gasteiger partial charge in [-0.1, -0.05) is 20.8 Å². The van der Waals surface area contributed by atoms with E-state index in [1.807, 2.05) is 27.7 Å². The molecule has 0 aromatic carbocycles. The van der Waals surface area contributed by atoms with Gasteiger partial charge in [-0.3, -0.25) is 0 Å². The number of aromatic nitrogens is 1. The molecule has 138 valence electrons. The number of nitrogens with zero attached hydrogens (tertiary/aromatic N) is 1. The second-order valence-corrected chi connectivity index (χ2v) is 13.4. The first-order chi connectivity index (χ1) is 10.7. The van der Waals surface area contributed by atoms with Gasteiger partial charge in [0.05, 0.1) is 12.2 Å². The molecule has 6 nitrogen and oxygen atoms in total. The zero-order valence-electron chi connectivity index (χ0n) is 16.4. The third-order valence-electron chi connectivity index (χ3n) is 4.12. The summed E-state index contributed by atoms with van der Waals surface area (Å²) in [4.78, 5) is 16.3. The Morgan fingerprint density at radius 3 is 2.25 bits per heavy atom. The third kappa shape index (κ3) is 5.94. The zero-order chi connectivity index (χ0) is 18.8. The van der Waals surface area contributed by atoms with E-state index in [-0.39, 0.29) is 11.1 Å². The predicted molar refractivity (Wildman–Crippen MR) is 96.4 cm³/mol. The van der Waals surface area contributed by atoms with Gasteiger partial charge in [0.25, 0.3) is 0 Å². The molecule has 1 rings (SSSR count). The van der Waals surface area contributed by atoms with Crippen molar-refractivity contribution in [3.63, 3.8) is 0 Å². The zero-order valence-corrected chi connectivity index (χ0v) is 17.4. The minimum absolute atomic E-state index is 0.0312. The number of nitrogens with one attached hydrogen (secondary N) is 1. The fourth-order valence-corrected chi connectivity index (χ4v) is 3.10. The maximum Gasteiger partial charge on any atom is 0.407 e. The molecular weight excluding hydrogens is 324 g/mol. The molecule has 0 bridgehead atoms. The number of rotatable bonds is 5. The molecule has 1 amide bonds. The van der Waals surface area contributed by atoms with Gasteiger partial charge in [0.15, 0.2) is 8.32 Å². The average molecular weight is 357 g/mol. The van der Waals surface area contributed by atoms with Crippen LogP contribution in [0, 0.1) is 0 Å². The second-order valence-electron chi connectivity index (χ2n) is 8.60. The van der Waals surface area contributed by atoms with Gasteiger partial charge in [0, 0.05) is 0 Å². The van der Waals surface area contributed by atoms with Crippen LogP contribution in [-0.2, 0) is 9.16 Å². The van der Waals surface area contributed by atoms with Crippen LogP contribution in [0.4, 0.5) is 4.79 Å². The quantitative estimate of drug-likeness (QED) is 0.777. The first-order valence-electron chi connectivity index (χ1n) is 8.30. The molecule has 0 radical (unpaired) electrons. The molecule has 1 aromatic rings. The summed E-state index contributed by atoms with van der Waals surface area (Å²) in [6.07, 6.45) is 2.15. The van der Waals surface area contributed by atoms with Crippen molar-refractivity contribution in [2.24, 2.45) is 0 Å². The summed E-state index contributed by atoms with van der Waals surface area (Å²) in [6.45, 7) is 18.2. The van der Waals surface area contributed by atoms with Crippen LogP contribution in [0.3, 0.4) is 0 Å². The molecule has 2 atom stereocenters. The summed E-state index contributed by atoms with van der Waals surface area (Å²) in [5.74, 6) is 0.461. The Morgan fingerprint density at radius 1 is 1.25 bits per heavy atom. The van der Waals surface area contributed by atoms with E-state index in [9.17, 15) is 4.79 Å². The van der Waals surface area contributed by atoms with Gasteiger partial charge in [-0.05, 0) is 45.8 Å². The molecule has 1 aromatic heterocycles. The van der Waals surface area contributed by atoms with Crippen LogP contribution in [0.5, 0.6) is 0 Å². The number of hydrogen-bond acceptors (Lipinski definition) is 5. The number of hydrogen-bond donors (Lipinski definition) is 1. The Kier molecular flexibility index (Phi) is 6.27. The normalized spacial score (nSPS) is 15.7. The van der Waals surface area contributed by atoms with Crippen LogP contribution in [0.15, 0.2) is 16.9 Å². The molecule has 0 spiro atoms. The maximum atomic E-state index is 12.1. The lowest BCUT2D eigenvalue weighted by Gasteiger charge is -2.40. The fourth-order valence-electron chi connectivity index (χ4n) is 1.80. The largest absolute Gasteiger partial charge is 0.446 e. The van der Waals surface area contributed by atoms with E-state index in [0.717, 1.165) is 0 Å². The highest BCUT2D eigenvalue weighted by molar-refractivity contribution is 6.74. The summed E-state index contributed by atoms with van der Waals surface area (Å²) < 4.78 is 17.2. The van der Waals surface area contributed by atoms with Gasteiger partial charge in [0.1, 0.15) is 18.0 Å². The highest BCUT2D eigenvalue weighted by atomic mass is 28.4. The summed E-state index contributed by atoms with van der Waals surface area (Å²) in [5, 5.41) is 2.87. The maximum absolute atomic E-state index is 12.1. The van der Waals surface area contributed by atoms with E-state index in [4.69, 9.17) is 13.6 Å². The predicted octanol–water partition coefficient (Wildman–Crippen LogP) is 4.65. The fraction of sp³-hybridized carbons (Fsp3) is 0.765. The minimum Gasteiger partial charge on any atom is -0.446 e. The van der Waals surface area contributed by atoms with Crippen molar-refractivity contribution >= 4 is 14.4 Å². The van der Waals surface area contributed by atoms with Crippen molar-refractivity contribution in [2.75, 3.05) is 0 Å². The molecule has 24 heavy (non-hydrogen) atoms. The topological polar surface area (TPSA) is 73.6 Å². The standard InChI is InChI=1S/C17H32N2O4Si/c1-12(19-15(20)22-16(2,3)4)13(14-18-10-11-21-14)23-24(8,9)17(5,6)7/h10-13H,1-9H3,(H,19,20)/t12-,13?/m0/s1. The summed E-state index contributed by atoms with van der Waals surface area (Å²) in [6, 6.07) is -0.340. The van der Waals surface area contributed by atoms with Crippen LogP contribution in [0.25, 0.3) is 0 Å². The summed E-state index contributed by atoms with van der Waals surface area (Å²) >= 11 is 0. The minimum atomic E-state index is -2.08. The number of amides is 1. The van der Waals surface area contributed by atoms with E-state index in [0.29, 0.717) is 5.89 Å². The lowest BCUT2D eigenvalue weighted by Crippen LogP contribution is -2.47. The summed E-state index contributed by atoms with van der Waals surface area (Å²) in [5.41, 5.74) is -0.553. The molecule has 1 N–H and O–H groups in total. The Hall–Kier alpha value is -1.34. The first-order valence-corrected chi connectivity index (χ1v) is 11.2. The highest BCUT2D eigenvalue weighted by Crippen LogP contribution is 2.40. The number of carbonyl (C=O) groups is 1. The molecule has 1 unspecified atom stereocenters. The van der Waals surface area contributed by atoms with Crippen molar-refractivity contribution in [3.8, 4) is 0 Å². The molecular formula is C17H32N2O4Si. The van der Waals surface area contributed by atoms with E-state index < -0.39 is 26.1 Å². The van der Waals surface area contributed by atoms with Crippen molar-refractivity contribution in [1.29, 1.82) is 0 Å². The van der Waals surface area contributed by atoms with Crippen LogP contribution in [0.1, 0.15) is 60.5 Å². The van der Waals surface area contributed by atoms with E-state index in [1.165, 1.54) is 6.26 Å². The Bertz CT molecular complexity index is 530. The second kappa shape index (κ2) is 7.27. The lowest BCUT2D eigenvalue weighted by molar-refractivity contribution is 0.0423. The molecule has 0 fully saturated rings. The SMILES string of the molecule is C[C@H](NC(=O)OC(C)(C)C)C(O[Si](C)(C)C(C)(C)C)c1ncco1. The van der Waals surface area contributed by atoms with Gasteiger partial charge < -0.3 is 18.9 Å². The summed E-state index contributed by atoms with van der Waals surface area (Å²) in [7, 11) is -2.08.